The lowest BCUT2D eigenvalue weighted by molar-refractivity contribution is 0.0741. The van der Waals surface area contributed by atoms with Crippen molar-refractivity contribution in [3.8, 4) is 0 Å². The average Bonchev–Trinajstić information content (AvgIpc) is 2.35. The van der Waals surface area contributed by atoms with E-state index in [9.17, 15) is 4.79 Å². The molecule has 94 valence electrons. The number of hydrogen-bond acceptors (Lipinski definition) is 3. The van der Waals surface area contributed by atoms with Gasteiger partial charge in [-0.2, -0.15) is 0 Å². The number of pyridine rings is 1. The molecular formula is C13H21N3O. The molecule has 0 aliphatic carbocycles. The lowest BCUT2D eigenvalue weighted by Gasteiger charge is -2.24. The average molecular weight is 235 g/mol. The Balaban J connectivity index is 2.83. The van der Waals surface area contributed by atoms with Crippen molar-refractivity contribution in [1.29, 1.82) is 0 Å². The van der Waals surface area contributed by atoms with Crippen LogP contribution >= 0.6 is 0 Å². The second-order valence-electron chi connectivity index (χ2n) is 4.32. The van der Waals surface area contributed by atoms with Gasteiger partial charge >= 0.3 is 0 Å². The van der Waals surface area contributed by atoms with Crippen LogP contribution in [-0.4, -0.2) is 28.9 Å². The van der Waals surface area contributed by atoms with E-state index < -0.39 is 0 Å². The van der Waals surface area contributed by atoms with Crippen molar-refractivity contribution >= 4 is 11.6 Å². The Morgan fingerprint density at radius 1 is 1.53 bits per heavy atom. The molecule has 4 heteroatoms. The summed E-state index contributed by atoms with van der Waals surface area (Å²) in [6.45, 7) is 7.70. The van der Waals surface area contributed by atoms with E-state index in [4.69, 9.17) is 5.73 Å². The fourth-order valence-electron chi connectivity index (χ4n) is 1.62. The maximum absolute atomic E-state index is 12.3. The van der Waals surface area contributed by atoms with Gasteiger partial charge in [-0.25, -0.2) is 0 Å². The van der Waals surface area contributed by atoms with E-state index in [1.165, 1.54) is 6.20 Å². The zero-order valence-corrected chi connectivity index (χ0v) is 10.8. The second kappa shape index (κ2) is 6.23. The third-order valence-electron chi connectivity index (χ3n) is 2.98. The van der Waals surface area contributed by atoms with Gasteiger partial charge in [0.15, 0.2) is 0 Å². The number of aromatic nitrogens is 1. The lowest BCUT2D eigenvalue weighted by atomic mass is 10.1. The van der Waals surface area contributed by atoms with Crippen LogP contribution < -0.4 is 5.73 Å². The molecule has 1 atom stereocenters. The fourth-order valence-corrected chi connectivity index (χ4v) is 1.62. The highest BCUT2D eigenvalue weighted by Gasteiger charge is 2.18. The highest BCUT2D eigenvalue weighted by molar-refractivity contribution is 5.98. The van der Waals surface area contributed by atoms with Gasteiger partial charge in [-0.3, -0.25) is 9.78 Å². The lowest BCUT2D eigenvalue weighted by Crippen LogP contribution is -2.35. The zero-order valence-electron chi connectivity index (χ0n) is 10.8. The van der Waals surface area contributed by atoms with E-state index in [1.807, 2.05) is 11.8 Å². The van der Waals surface area contributed by atoms with Crippen LogP contribution in [0.3, 0.4) is 0 Å². The number of carbonyl (C=O) groups is 1. The summed E-state index contributed by atoms with van der Waals surface area (Å²) in [6, 6.07) is 1.66. The first-order valence-electron chi connectivity index (χ1n) is 6.08. The SMILES string of the molecule is CCC(C)CN(CC)C(=O)c1cnccc1N. The summed E-state index contributed by atoms with van der Waals surface area (Å²) in [6.07, 6.45) is 4.19. The third-order valence-corrected chi connectivity index (χ3v) is 2.98. The molecule has 1 heterocycles. The number of nitrogens with zero attached hydrogens (tertiary/aromatic N) is 2. The molecule has 1 aromatic heterocycles. The first kappa shape index (κ1) is 13.5. The monoisotopic (exact) mass is 235 g/mol. The number of amides is 1. The normalized spacial score (nSPS) is 12.2. The minimum absolute atomic E-state index is 0.0293. The summed E-state index contributed by atoms with van der Waals surface area (Å²) in [5.74, 6) is 0.468. The van der Waals surface area contributed by atoms with Crippen LogP contribution in [0.25, 0.3) is 0 Å². The molecule has 0 aliphatic rings. The standard InChI is InChI=1S/C13H21N3O/c1-4-10(3)9-16(5-2)13(17)11-8-15-7-6-12(11)14/h6-8,10H,4-5,9H2,1-3H3,(H2,14,15). The molecule has 1 unspecified atom stereocenters. The first-order valence-corrected chi connectivity index (χ1v) is 6.08. The van der Waals surface area contributed by atoms with Crippen molar-refractivity contribution in [3.63, 3.8) is 0 Å². The fraction of sp³-hybridized carbons (Fsp3) is 0.538. The quantitative estimate of drug-likeness (QED) is 0.851. The minimum Gasteiger partial charge on any atom is -0.398 e. The molecule has 0 aromatic carbocycles. The molecule has 1 aromatic rings. The van der Waals surface area contributed by atoms with Gasteiger partial charge in [-0.1, -0.05) is 20.3 Å². The van der Waals surface area contributed by atoms with Gasteiger partial charge in [-0.15, -0.1) is 0 Å². The van der Waals surface area contributed by atoms with Gasteiger partial charge in [0.05, 0.1) is 5.56 Å². The largest absolute Gasteiger partial charge is 0.398 e. The number of rotatable bonds is 5. The molecule has 1 amide bonds. The second-order valence-corrected chi connectivity index (χ2v) is 4.32. The van der Waals surface area contributed by atoms with E-state index in [-0.39, 0.29) is 5.91 Å². The van der Waals surface area contributed by atoms with Crippen LogP contribution in [0, 0.1) is 5.92 Å². The van der Waals surface area contributed by atoms with Gasteiger partial charge in [-0.05, 0) is 18.9 Å². The highest BCUT2D eigenvalue weighted by atomic mass is 16.2. The summed E-state index contributed by atoms with van der Waals surface area (Å²) in [4.78, 5) is 18.0. The Kier molecular flexibility index (Phi) is 4.94. The van der Waals surface area contributed by atoms with Gasteiger partial charge in [0, 0.05) is 31.2 Å². The van der Waals surface area contributed by atoms with Crippen molar-refractivity contribution < 1.29 is 4.79 Å². The summed E-state index contributed by atoms with van der Waals surface area (Å²) in [5, 5.41) is 0. The molecule has 1 rings (SSSR count). The van der Waals surface area contributed by atoms with Crippen molar-refractivity contribution in [2.24, 2.45) is 5.92 Å². The molecule has 0 bridgehead atoms. The predicted octanol–water partition coefficient (Wildman–Crippen LogP) is 2.17. The molecular weight excluding hydrogens is 214 g/mol. The summed E-state index contributed by atoms with van der Waals surface area (Å²) in [5.41, 5.74) is 6.78. The number of hydrogen-bond donors (Lipinski definition) is 1. The van der Waals surface area contributed by atoms with Crippen molar-refractivity contribution in [3.05, 3.63) is 24.0 Å². The maximum atomic E-state index is 12.3. The minimum atomic E-state index is -0.0293. The first-order chi connectivity index (χ1) is 8.10. The molecule has 2 N–H and O–H groups in total. The topological polar surface area (TPSA) is 59.2 Å². The van der Waals surface area contributed by atoms with Crippen LogP contribution in [0.15, 0.2) is 18.5 Å². The molecule has 4 nitrogen and oxygen atoms in total. The molecule has 0 fully saturated rings. The van der Waals surface area contributed by atoms with Crippen LogP contribution in [0.5, 0.6) is 0 Å². The predicted molar refractivity (Wildman–Crippen MR) is 69.7 cm³/mol. The Morgan fingerprint density at radius 2 is 2.24 bits per heavy atom. The van der Waals surface area contributed by atoms with Crippen LogP contribution in [-0.2, 0) is 0 Å². The summed E-state index contributed by atoms with van der Waals surface area (Å²) < 4.78 is 0. The van der Waals surface area contributed by atoms with E-state index in [1.54, 1.807) is 12.3 Å². The Labute approximate surface area is 103 Å². The summed E-state index contributed by atoms with van der Waals surface area (Å²) >= 11 is 0. The smallest absolute Gasteiger partial charge is 0.257 e. The van der Waals surface area contributed by atoms with Crippen LogP contribution in [0.4, 0.5) is 5.69 Å². The van der Waals surface area contributed by atoms with Crippen LogP contribution in [0.2, 0.25) is 0 Å². The number of anilines is 1. The number of carbonyl (C=O) groups excluding carboxylic acids is 1. The van der Waals surface area contributed by atoms with E-state index in [0.29, 0.717) is 23.7 Å². The van der Waals surface area contributed by atoms with Crippen molar-refractivity contribution in [2.45, 2.75) is 27.2 Å². The highest BCUT2D eigenvalue weighted by Crippen LogP contribution is 2.14. The van der Waals surface area contributed by atoms with Gasteiger partial charge < -0.3 is 10.6 Å². The molecule has 0 saturated carbocycles. The maximum Gasteiger partial charge on any atom is 0.257 e. The molecule has 0 spiro atoms. The summed E-state index contributed by atoms with van der Waals surface area (Å²) in [7, 11) is 0. The van der Waals surface area contributed by atoms with Gasteiger partial charge in [0.25, 0.3) is 5.91 Å². The Bertz CT molecular complexity index is 379. The Hall–Kier alpha value is -1.58. The Morgan fingerprint density at radius 3 is 2.76 bits per heavy atom. The van der Waals surface area contributed by atoms with Crippen LogP contribution in [0.1, 0.15) is 37.6 Å². The number of nitrogen functional groups attached to an aromatic ring is 1. The molecule has 17 heavy (non-hydrogen) atoms. The van der Waals surface area contributed by atoms with E-state index in [0.717, 1.165) is 13.0 Å². The van der Waals surface area contributed by atoms with Gasteiger partial charge in [0.2, 0.25) is 0 Å². The van der Waals surface area contributed by atoms with Crippen molar-refractivity contribution in [2.75, 3.05) is 18.8 Å². The third kappa shape index (κ3) is 3.44. The van der Waals surface area contributed by atoms with Crippen molar-refractivity contribution in [1.82, 2.24) is 9.88 Å². The molecule has 0 saturated heterocycles. The number of nitrogens with two attached hydrogens (primary N) is 1. The molecule has 0 aliphatic heterocycles. The van der Waals surface area contributed by atoms with Gasteiger partial charge in [0.1, 0.15) is 0 Å². The van der Waals surface area contributed by atoms with E-state index in [2.05, 4.69) is 18.8 Å². The zero-order chi connectivity index (χ0) is 12.8. The molecule has 0 radical (unpaired) electrons. The van der Waals surface area contributed by atoms with E-state index >= 15 is 0 Å².